The topological polar surface area (TPSA) is 15.3 Å². The smallest absolute Gasteiger partial charge is 0.0328 e. The maximum absolute atomic E-state index is 3.67. The van der Waals surface area contributed by atoms with E-state index in [0.717, 1.165) is 0 Å². The molecule has 0 aliphatic carbocycles. The van der Waals surface area contributed by atoms with Crippen molar-refractivity contribution < 1.29 is 0 Å². The number of hydrogen-bond donors (Lipinski definition) is 1. The molecule has 18 heavy (non-hydrogen) atoms. The third-order valence-corrected chi connectivity index (χ3v) is 4.65. The van der Waals surface area contributed by atoms with Gasteiger partial charge in [0.2, 0.25) is 0 Å². The van der Waals surface area contributed by atoms with Crippen LogP contribution in [0.25, 0.3) is 0 Å². The van der Waals surface area contributed by atoms with Crippen molar-refractivity contribution in [2.45, 2.75) is 51.6 Å². The van der Waals surface area contributed by atoms with Gasteiger partial charge in [0, 0.05) is 18.6 Å². The normalized spacial score (nSPS) is 22.3. The van der Waals surface area contributed by atoms with E-state index in [9.17, 15) is 0 Å². The summed E-state index contributed by atoms with van der Waals surface area (Å²) in [6, 6.07) is 3.53. The van der Waals surface area contributed by atoms with Gasteiger partial charge < -0.3 is 5.32 Å². The molecule has 0 saturated carbocycles. The summed E-state index contributed by atoms with van der Waals surface area (Å²) in [6.45, 7) is 8.24. The highest BCUT2D eigenvalue weighted by Gasteiger charge is 2.20. The summed E-state index contributed by atoms with van der Waals surface area (Å²) in [5.74, 6) is 0. The van der Waals surface area contributed by atoms with Gasteiger partial charge in [0.25, 0.3) is 0 Å². The maximum Gasteiger partial charge on any atom is 0.0328 e. The standard InChI is InChI=1S/C15H26N2S/c1-3-9-17(11-15-6-4-5-8-16-15)13(2)14-7-10-18-12-14/h7,10,12-13,15-16H,3-6,8-9,11H2,1-2H3. The van der Waals surface area contributed by atoms with E-state index in [1.54, 1.807) is 0 Å². The minimum absolute atomic E-state index is 0.555. The second-order valence-electron chi connectivity index (χ2n) is 5.37. The molecule has 1 N–H and O–H groups in total. The molecule has 1 saturated heterocycles. The summed E-state index contributed by atoms with van der Waals surface area (Å²) in [7, 11) is 0. The first-order valence-electron chi connectivity index (χ1n) is 7.30. The lowest BCUT2D eigenvalue weighted by molar-refractivity contribution is 0.176. The van der Waals surface area contributed by atoms with E-state index in [0.29, 0.717) is 12.1 Å². The molecule has 0 amide bonds. The second-order valence-corrected chi connectivity index (χ2v) is 6.15. The van der Waals surface area contributed by atoms with Crippen LogP contribution < -0.4 is 5.32 Å². The molecular formula is C15H26N2S. The van der Waals surface area contributed by atoms with Gasteiger partial charge in [0.1, 0.15) is 0 Å². The molecule has 102 valence electrons. The van der Waals surface area contributed by atoms with Crippen LogP contribution >= 0.6 is 11.3 Å². The highest BCUT2D eigenvalue weighted by Crippen LogP contribution is 2.23. The van der Waals surface area contributed by atoms with Crippen molar-refractivity contribution in [2.75, 3.05) is 19.6 Å². The molecule has 2 rings (SSSR count). The Kier molecular flexibility index (Phi) is 5.67. The third-order valence-electron chi connectivity index (χ3n) is 3.95. The fraction of sp³-hybridized carbons (Fsp3) is 0.733. The van der Waals surface area contributed by atoms with Crippen LogP contribution in [0.5, 0.6) is 0 Å². The van der Waals surface area contributed by atoms with Crippen molar-refractivity contribution in [1.29, 1.82) is 0 Å². The first-order chi connectivity index (χ1) is 8.81. The van der Waals surface area contributed by atoms with Crippen LogP contribution in [-0.4, -0.2) is 30.6 Å². The summed E-state index contributed by atoms with van der Waals surface area (Å²) >= 11 is 1.81. The van der Waals surface area contributed by atoms with E-state index in [1.807, 2.05) is 11.3 Å². The Morgan fingerprint density at radius 3 is 3.00 bits per heavy atom. The van der Waals surface area contributed by atoms with Crippen LogP contribution in [0.3, 0.4) is 0 Å². The summed E-state index contributed by atoms with van der Waals surface area (Å²) < 4.78 is 0. The van der Waals surface area contributed by atoms with E-state index < -0.39 is 0 Å². The number of rotatable bonds is 6. The average Bonchev–Trinajstić information content (AvgIpc) is 2.92. The van der Waals surface area contributed by atoms with E-state index in [2.05, 4.69) is 40.9 Å². The molecule has 1 fully saturated rings. The largest absolute Gasteiger partial charge is 0.313 e. The van der Waals surface area contributed by atoms with Crippen molar-refractivity contribution in [1.82, 2.24) is 10.2 Å². The predicted octanol–water partition coefficient (Wildman–Crippen LogP) is 3.66. The number of piperidine rings is 1. The molecule has 0 bridgehead atoms. The van der Waals surface area contributed by atoms with Gasteiger partial charge in [-0.25, -0.2) is 0 Å². The molecule has 1 aromatic heterocycles. The molecule has 0 radical (unpaired) electrons. The Morgan fingerprint density at radius 2 is 2.39 bits per heavy atom. The Labute approximate surface area is 115 Å². The van der Waals surface area contributed by atoms with E-state index in [4.69, 9.17) is 0 Å². The monoisotopic (exact) mass is 266 g/mol. The Hall–Kier alpha value is -0.380. The first-order valence-corrected chi connectivity index (χ1v) is 8.25. The van der Waals surface area contributed by atoms with E-state index in [1.165, 1.54) is 50.9 Å². The lowest BCUT2D eigenvalue weighted by atomic mass is 10.0. The lowest BCUT2D eigenvalue weighted by Gasteiger charge is -2.34. The fourth-order valence-electron chi connectivity index (χ4n) is 2.82. The van der Waals surface area contributed by atoms with Crippen LogP contribution in [0, 0.1) is 0 Å². The summed E-state index contributed by atoms with van der Waals surface area (Å²) in [5.41, 5.74) is 1.48. The van der Waals surface area contributed by atoms with Crippen LogP contribution in [0.2, 0.25) is 0 Å². The Bertz CT molecular complexity index is 317. The summed E-state index contributed by atoms with van der Waals surface area (Å²) in [6.07, 6.45) is 5.33. The van der Waals surface area contributed by atoms with Crippen molar-refractivity contribution in [3.05, 3.63) is 22.4 Å². The fourth-order valence-corrected chi connectivity index (χ4v) is 3.56. The number of nitrogens with zero attached hydrogens (tertiary/aromatic N) is 1. The summed E-state index contributed by atoms with van der Waals surface area (Å²) in [4.78, 5) is 2.64. The molecule has 1 aliphatic heterocycles. The third kappa shape index (κ3) is 3.81. The quantitative estimate of drug-likeness (QED) is 0.845. The minimum Gasteiger partial charge on any atom is -0.313 e. The van der Waals surface area contributed by atoms with Crippen molar-refractivity contribution in [3.8, 4) is 0 Å². The van der Waals surface area contributed by atoms with Gasteiger partial charge in [-0.3, -0.25) is 4.90 Å². The Balaban J connectivity index is 1.93. The molecule has 2 heterocycles. The molecule has 1 aliphatic rings. The number of nitrogens with one attached hydrogen (secondary N) is 1. The number of hydrogen-bond acceptors (Lipinski definition) is 3. The Morgan fingerprint density at radius 1 is 1.50 bits per heavy atom. The van der Waals surface area contributed by atoms with Gasteiger partial charge in [-0.05, 0) is 61.7 Å². The summed E-state index contributed by atoms with van der Waals surface area (Å²) in [5, 5.41) is 8.15. The second kappa shape index (κ2) is 7.27. The molecule has 2 atom stereocenters. The van der Waals surface area contributed by atoms with Crippen molar-refractivity contribution in [3.63, 3.8) is 0 Å². The molecular weight excluding hydrogens is 240 g/mol. The van der Waals surface area contributed by atoms with Crippen LogP contribution in [-0.2, 0) is 0 Å². The maximum atomic E-state index is 3.67. The lowest BCUT2D eigenvalue weighted by Crippen LogP contribution is -2.44. The highest BCUT2D eigenvalue weighted by molar-refractivity contribution is 7.07. The van der Waals surface area contributed by atoms with Gasteiger partial charge in [0.15, 0.2) is 0 Å². The molecule has 1 aromatic rings. The van der Waals surface area contributed by atoms with Gasteiger partial charge >= 0.3 is 0 Å². The van der Waals surface area contributed by atoms with E-state index >= 15 is 0 Å². The zero-order chi connectivity index (χ0) is 12.8. The van der Waals surface area contributed by atoms with Crippen molar-refractivity contribution in [2.24, 2.45) is 0 Å². The van der Waals surface area contributed by atoms with Crippen molar-refractivity contribution >= 4 is 11.3 Å². The molecule has 2 nitrogen and oxygen atoms in total. The zero-order valence-corrected chi connectivity index (χ0v) is 12.5. The van der Waals surface area contributed by atoms with Crippen LogP contribution in [0.4, 0.5) is 0 Å². The average molecular weight is 266 g/mol. The molecule has 2 unspecified atom stereocenters. The zero-order valence-electron chi connectivity index (χ0n) is 11.7. The van der Waals surface area contributed by atoms with Gasteiger partial charge in [-0.1, -0.05) is 13.3 Å². The first kappa shape index (κ1) is 14.0. The molecule has 0 spiro atoms. The number of thiophene rings is 1. The molecule has 0 aromatic carbocycles. The van der Waals surface area contributed by atoms with Crippen LogP contribution in [0.1, 0.15) is 51.1 Å². The molecule has 3 heteroatoms. The van der Waals surface area contributed by atoms with E-state index in [-0.39, 0.29) is 0 Å². The predicted molar refractivity (Wildman–Crippen MR) is 80.2 cm³/mol. The SMILES string of the molecule is CCCN(CC1CCCCN1)C(C)c1ccsc1. The van der Waals surface area contributed by atoms with Gasteiger partial charge in [0.05, 0.1) is 0 Å². The van der Waals surface area contributed by atoms with Crippen LogP contribution in [0.15, 0.2) is 16.8 Å². The minimum atomic E-state index is 0.555. The van der Waals surface area contributed by atoms with Gasteiger partial charge in [-0.2, -0.15) is 11.3 Å². The van der Waals surface area contributed by atoms with Gasteiger partial charge in [-0.15, -0.1) is 0 Å². The highest BCUT2D eigenvalue weighted by atomic mass is 32.1.